The van der Waals surface area contributed by atoms with Gasteiger partial charge in [-0.3, -0.25) is 19.3 Å². The van der Waals surface area contributed by atoms with Gasteiger partial charge in [0.05, 0.1) is 0 Å². The van der Waals surface area contributed by atoms with Crippen molar-refractivity contribution >= 4 is 17.7 Å². The monoisotopic (exact) mass is 296 g/mol. The number of nitrogens with zero attached hydrogens (tertiary/aromatic N) is 1. The molecule has 2 aliphatic rings. The standard InChI is InChI=1S/C15H24N2O4/c1-8(2)5-6-16-13(18)10(7-9(3)4)17-14(19)11-12(21-11)15(17)20/h8-12H,5-7H2,1-4H3,(H,16,18)/t10-,11?,12?/m0/s1. The number of hydrogen-bond acceptors (Lipinski definition) is 4. The van der Waals surface area contributed by atoms with E-state index in [0.29, 0.717) is 18.9 Å². The maximum Gasteiger partial charge on any atom is 0.262 e. The van der Waals surface area contributed by atoms with Gasteiger partial charge >= 0.3 is 0 Å². The minimum Gasteiger partial charge on any atom is -0.354 e. The van der Waals surface area contributed by atoms with E-state index in [1.807, 2.05) is 13.8 Å². The number of likely N-dealkylation sites (tertiary alicyclic amines) is 1. The van der Waals surface area contributed by atoms with E-state index in [1.54, 1.807) is 0 Å². The average molecular weight is 296 g/mol. The first-order valence-electron chi connectivity index (χ1n) is 7.63. The van der Waals surface area contributed by atoms with E-state index in [0.717, 1.165) is 11.3 Å². The lowest BCUT2D eigenvalue weighted by Gasteiger charge is -2.27. The van der Waals surface area contributed by atoms with Gasteiger partial charge in [0.15, 0.2) is 12.2 Å². The molecular formula is C15H24N2O4. The third-order valence-corrected chi connectivity index (χ3v) is 3.78. The van der Waals surface area contributed by atoms with Crippen molar-refractivity contribution in [1.82, 2.24) is 10.2 Å². The number of morpholine rings is 1. The van der Waals surface area contributed by atoms with E-state index in [4.69, 9.17) is 4.74 Å². The summed E-state index contributed by atoms with van der Waals surface area (Å²) in [6, 6.07) is -0.714. The maximum atomic E-state index is 12.4. The van der Waals surface area contributed by atoms with Crippen molar-refractivity contribution in [2.75, 3.05) is 6.54 Å². The fraction of sp³-hybridized carbons (Fsp3) is 0.800. The lowest BCUT2D eigenvalue weighted by atomic mass is 10.0. The molecule has 118 valence electrons. The van der Waals surface area contributed by atoms with Crippen molar-refractivity contribution < 1.29 is 19.1 Å². The third-order valence-electron chi connectivity index (χ3n) is 3.78. The van der Waals surface area contributed by atoms with Crippen LogP contribution in [0.3, 0.4) is 0 Å². The summed E-state index contributed by atoms with van der Waals surface area (Å²) >= 11 is 0. The Labute approximate surface area is 125 Å². The predicted octanol–water partition coefficient (Wildman–Crippen LogP) is 0.700. The number of amides is 3. The van der Waals surface area contributed by atoms with Crippen LogP contribution in [0.2, 0.25) is 0 Å². The number of hydrogen-bond donors (Lipinski definition) is 1. The Hall–Kier alpha value is -1.43. The number of fused-ring (bicyclic) bond motifs is 1. The molecule has 0 bridgehead atoms. The molecule has 21 heavy (non-hydrogen) atoms. The first-order valence-corrected chi connectivity index (χ1v) is 7.63. The van der Waals surface area contributed by atoms with E-state index in [2.05, 4.69) is 19.2 Å². The van der Waals surface area contributed by atoms with Gasteiger partial charge < -0.3 is 10.1 Å². The Morgan fingerprint density at radius 2 is 1.71 bits per heavy atom. The van der Waals surface area contributed by atoms with Gasteiger partial charge in [0, 0.05) is 6.54 Å². The molecule has 1 N–H and O–H groups in total. The predicted molar refractivity (Wildman–Crippen MR) is 76.2 cm³/mol. The molecule has 2 fully saturated rings. The lowest BCUT2D eigenvalue weighted by Crippen LogP contribution is -2.52. The van der Waals surface area contributed by atoms with Crippen molar-refractivity contribution in [3.63, 3.8) is 0 Å². The summed E-state index contributed by atoms with van der Waals surface area (Å²) in [5.74, 6) is -0.272. The van der Waals surface area contributed by atoms with Crippen molar-refractivity contribution in [2.24, 2.45) is 11.8 Å². The summed E-state index contributed by atoms with van der Waals surface area (Å²) in [4.78, 5) is 37.6. The molecule has 2 rings (SSSR count). The maximum absolute atomic E-state index is 12.4. The van der Waals surface area contributed by atoms with Crippen LogP contribution >= 0.6 is 0 Å². The largest absolute Gasteiger partial charge is 0.354 e. The number of rotatable bonds is 7. The molecule has 0 spiro atoms. The second-order valence-electron chi connectivity index (χ2n) is 6.64. The number of ether oxygens (including phenoxy) is 1. The van der Waals surface area contributed by atoms with E-state index < -0.39 is 18.2 Å². The molecular weight excluding hydrogens is 272 g/mol. The zero-order chi connectivity index (χ0) is 15.7. The molecule has 6 nitrogen and oxygen atoms in total. The quantitative estimate of drug-likeness (QED) is 0.554. The molecule has 2 aliphatic heterocycles. The van der Waals surface area contributed by atoms with Gasteiger partial charge in [-0.05, 0) is 24.7 Å². The molecule has 2 heterocycles. The number of imide groups is 1. The van der Waals surface area contributed by atoms with E-state index in [9.17, 15) is 14.4 Å². The van der Waals surface area contributed by atoms with Gasteiger partial charge in [0.2, 0.25) is 5.91 Å². The lowest BCUT2D eigenvalue weighted by molar-refractivity contribution is -0.152. The minimum absolute atomic E-state index is 0.212. The van der Waals surface area contributed by atoms with Crippen LogP contribution < -0.4 is 5.32 Å². The fourth-order valence-electron chi connectivity index (χ4n) is 2.56. The van der Waals surface area contributed by atoms with Gasteiger partial charge in [0.1, 0.15) is 6.04 Å². The van der Waals surface area contributed by atoms with Crippen LogP contribution in [0.1, 0.15) is 40.5 Å². The fourth-order valence-corrected chi connectivity index (χ4v) is 2.56. The number of nitrogens with one attached hydrogen (secondary N) is 1. The van der Waals surface area contributed by atoms with Gasteiger partial charge in [-0.1, -0.05) is 27.7 Å². The Balaban J connectivity index is 2.02. The highest BCUT2D eigenvalue weighted by molar-refractivity contribution is 6.13. The Bertz CT molecular complexity index is 427. The van der Waals surface area contributed by atoms with Gasteiger partial charge in [0.25, 0.3) is 11.8 Å². The van der Waals surface area contributed by atoms with Crippen molar-refractivity contribution in [2.45, 2.75) is 58.8 Å². The SMILES string of the molecule is CC(C)CCNC(=O)[C@H](CC(C)C)N1C(=O)C2OC2C1=O. The van der Waals surface area contributed by atoms with Gasteiger partial charge in [-0.15, -0.1) is 0 Å². The van der Waals surface area contributed by atoms with Crippen molar-refractivity contribution in [3.8, 4) is 0 Å². The second kappa shape index (κ2) is 6.13. The number of carbonyl (C=O) groups is 3. The van der Waals surface area contributed by atoms with E-state index in [1.165, 1.54) is 0 Å². The highest BCUT2D eigenvalue weighted by atomic mass is 16.6. The Morgan fingerprint density at radius 3 is 2.19 bits per heavy atom. The van der Waals surface area contributed by atoms with Crippen molar-refractivity contribution in [3.05, 3.63) is 0 Å². The Kier molecular flexibility index (Phi) is 4.66. The molecule has 2 saturated heterocycles. The van der Waals surface area contributed by atoms with Crippen LogP contribution in [0.25, 0.3) is 0 Å². The number of epoxide rings is 1. The normalized spacial score (nSPS) is 25.5. The summed E-state index contributed by atoms with van der Waals surface area (Å²) in [5, 5.41) is 2.84. The van der Waals surface area contributed by atoms with Crippen LogP contribution in [-0.4, -0.2) is 47.4 Å². The third kappa shape index (κ3) is 3.43. The topological polar surface area (TPSA) is 79.0 Å². The molecule has 0 saturated carbocycles. The number of carbonyl (C=O) groups excluding carboxylic acids is 3. The highest BCUT2D eigenvalue weighted by Crippen LogP contribution is 2.35. The summed E-state index contributed by atoms with van der Waals surface area (Å²) in [5.41, 5.74) is 0. The van der Waals surface area contributed by atoms with Crippen LogP contribution in [0, 0.1) is 11.8 Å². The van der Waals surface area contributed by atoms with Crippen molar-refractivity contribution in [1.29, 1.82) is 0 Å². The highest BCUT2D eigenvalue weighted by Gasteiger charge is 2.63. The minimum atomic E-state index is -0.714. The first kappa shape index (κ1) is 15.9. The smallest absolute Gasteiger partial charge is 0.262 e. The zero-order valence-corrected chi connectivity index (χ0v) is 13.1. The summed E-state index contributed by atoms with van der Waals surface area (Å²) in [6.07, 6.45) is 0.0622. The molecule has 0 aromatic carbocycles. The molecule has 3 atom stereocenters. The van der Waals surface area contributed by atoms with Crippen LogP contribution in [0.4, 0.5) is 0 Å². The van der Waals surface area contributed by atoms with E-state index >= 15 is 0 Å². The molecule has 6 heteroatoms. The Morgan fingerprint density at radius 1 is 1.14 bits per heavy atom. The van der Waals surface area contributed by atoms with Gasteiger partial charge in [-0.25, -0.2) is 0 Å². The molecule has 0 aliphatic carbocycles. The average Bonchev–Trinajstić information content (AvgIpc) is 3.12. The summed E-state index contributed by atoms with van der Waals surface area (Å²) in [7, 11) is 0. The zero-order valence-electron chi connectivity index (χ0n) is 13.1. The molecule has 2 unspecified atom stereocenters. The summed E-state index contributed by atoms with van der Waals surface area (Å²) in [6.45, 7) is 8.66. The van der Waals surface area contributed by atoms with Crippen LogP contribution in [0.15, 0.2) is 0 Å². The van der Waals surface area contributed by atoms with E-state index in [-0.39, 0.29) is 23.6 Å². The molecule has 0 aromatic rings. The molecule has 3 amide bonds. The molecule has 0 radical (unpaired) electrons. The second-order valence-corrected chi connectivity index (χ2v) is 6.64. The van der Waals surface area contributed by atoms with Crippen LogP contribution in [0.5, 0.6) is 0 Å². The van der Waals surface area contributed by atoms with Crippen LogP contribution in [-0.2, 0) is 19.1 Å². The molecule has 0 aromatic heterocycles. The first-order chi connectivity index (χ1) is 9.82. The van der Waals surface area contributed by atoms with Gasteiger partial charge in [-0.2, -0.15) is 0 Å². The summed E-state index contributed by atoms with van der Waals surface area (Å²) < 4.78 is 4.98.